The molecule has 2 rings (SSSR count). The molecule has 0 unspecified atom stereocenters. The van der Waals surface area contributed by atoms with Gasteiger partial charge in [-0.2, -0.15) is 5.10 Å². The standard InChI is InChI=1S/C15H21N3/c1-11(2)14-7-8-18(17-14)15-9-13(10-16-4)6-5-12(15)3/h5-9,11,16H,10H2,1-4H3. The van der Waals surface area contributed by atoms with Crippen molar-refractivity contribution < 1.29 is 0 Å². The van der Waals surface area contributed by atoms with Crippen molar-refractivity contribution in [2.45, 2.75) is 33.2 Å². The van der Waals surface area contributed by atoms with E-state index in [0.29, 0.717) is 5.92 Å². The summed E-state index contributed by atoms with van der Waals surface area (Å²) in [7, 11) is 1.96. The van der Waals surface area contributed by atoms with Crippen LogP contribution in [0, 0.1) is 6.92 Å². The molecular formula is C15H21N3. The van der Waals surface area contributed by atoms with Crippen molar-refractivity contribution in [2.24, 2.45) is 0 Å². The SMILES string of the molecule is CNCc1ccc(C)c(-n2ccc(C(C)C)n2)c1. The normalized spacial score (nSPS) is 11.2. The molecule has 96 valence electrons. The second-order valence-electron chi connectivity index (χ2n) is 4.99. The largest absolute Gasteiger partial charge is 0.316 e. The van der Waals surface area contributed by atoms with Crippen LogP contribution in [0.1, 0.15) is 36.6 Å². The molecule has 0 fully saturated rings. The molecular weight excluding hydrogens is 222 g/mol. The number of nitrogens with one attached hydrogen (secondary N) is 1. The Balaban J connectivity index is 2.38. The van der Waals surface area contributed by atoms with Crippen molar-refractivity contribution in [1.82, 2.24) is 15.1 Å². The number of hydrogen-bond donors (Lipinski definition) is 1. The molecule has 1 heterocycles. The van der Waals surface area contributed by atoms with Crippen LogP contribution in [0.4, 0.5) is 0 Å². The molecule has 1 aromatic carbocycles. The second-order valence-corrected chi connectivity index (χ2v) is 4.99. The zero-order valence-electron chi connectivity index (χ0n) is 11.6. The fourth-order valence-corrected chi connectivity index (χ4v) is 2.00. The van der Waals surface area contributed by atoms with Crippen LogP contribution in [0.5, 0.6) is 0 Å². The summed E-state index contributed by atoms with van der Waals surface area (Å²) in [4.78, 5) is 0. The van der Waals surface area contributed by atoms with Gasteiger partial charge in [0.15, 0.2) is 0 Å². The van der Waals surface area contributed by atoms with Crippen molar-refractivity contribution in [3.8, 4) is 5.69 Å². The maximum Gasteiger partial charge on any atom is 0.0678 e. The van der Waals surface area contributed by atoms with Gasteiger partial charge in [-0.1, -0.05) is 26.0 Å². The van der Waals surface area contributed by atoms with E-state index < -0.39 is 0 Å². The Hall–Kier alpha value is -1.61. The monoisotopic (exact) mass is 243 g/mol. The van der Waals surface area contributed by atoms with E-state index in [1.807, 2.05) is 17.9 Å². The van der Waals surface area contributed by atoms with E-state index in [1.165, 1.54) is 11.1 Å². The first-order chi connectivity index (χ1) is 8.61. The highest BCUT2D eigenvalue weighted by molar-refractivity contribution is 5.43. The average molecular weight is 243 g/mol. The smallest absolute Gasteiger partial charge is 0.0678 e. The fraction of sp³-hybridized carbons (Fsp3) is 0.400. The van der Waals surface area contributed by atoms with Crippen LogP contribution >= 0.6 is 0 Å². The average Bonchev–Trinajstić information content (AvgIpc) is 2.81. The maximum absolute atomic E-state index is 4.64. The molecule has 1 N–H and O–H groups in total. The summed E-state index contributed by atoms with van der Waals surface area (Å²) in [5.74, 6) is 0.465. The molecule has 0 amide bonds. The van der Waals surface area contributed by atoms with Crippen molar-refractivity contribution >= 4 is 0 Å². The van der Waals surface area contributed by atoms with Crippen molar-refractivity contribution in [3.05, 3.63) is 47.3 Å². The minimum Gasteiger partial charge on any atom is -0.316 e. The van der Waals surface area contributed by atoms with Gasteiger partial charge in [-0.15, -0.1) is 0 Å². The molecule has 3 nitrogen and oxygen atoms in total. The van der Waals surface area contributed by atoms with E-state index in [2.05, 4.69) is 55.5 Å². The van der Waals surface area contributed by atoms with Gasteiger partial charge in [0, 0.05) is 12.7 Å². The Morgan fingerprint density at radius 2 is 2.06 bits per heavy atom. The van der Waals surface area contributed by atoms with Gasteiger partial charge in [0.2, 0.25) is 0 Å². The van der Waals surface area contributed by atoms with Crippen molar-refractivity contribution in [1.29, 1.82) is 0 Å². The van der Waals surface area contributed by atoms with Crippen LogP contribution in [-0.2, 0) is 6.54 Å². The molecule has 0 atom stereocenters. The van der Waals surface area contributed by atoms with Gasteiger partial charge >= 0.3 is 0 Å². The summed E-state index contributed by atoms with van der Waals surface area (Å²) in [6, 6.07) is 8.60. The first kappa shape index (κ1) is 12.8. The molecule has 3 heteroatoms. The van der Waals surface area contributed by atoms with E-state index in [9.17, 15) is 0 Å². The molecule has 0 saturated carbocycles. The lowest BCUT2D eigenvalue weighted by Crippen LogP contribution is -2.07. The summed E-state index contributed by atoms with van der Waals surface area (Å²) >= 11 is 0. The maximum atomic E-state index is 4.64. The molecule has 2 aromatic rings. The van der Waals surface area contributed by atoms with Crippen molar-refractivity contribution in [2.75, 3.05) is 7.05 Å². The predicted octanol–water partition coefficient (Wildman–Crippen LogP) is 3.02. The highest BCUT2D eigenvalue weighted by Crippen LogP contribution is 2.18. The lowest BCUT2D eigenvalue weighted by molar-refractivity contribution is 0.763. The summed E-state index contributed by atoms with van der Waals surface area (Å²) in [6.07, 6.45) is 2.04. The molecule has 18 heavy (non-hydrogen) atoms. The van der Waals surface area contributed by atoms with Crippen LogP contribution in [-0.4, -0.2) is 16.8 Å². The molecule has 0 aliphatic heterocycles. The number of aryl methyl sites for hydroxylation is 1. The number of benzene rings is 1. The highest BCUT2D eigenvalue weighted by Gasteiger charge is 2.07. The summed E-state index contributed by atoms with van der Waals surface area (Å²) in [5.41, 5.74) is 4.82. The Labute approximate surface area is 109 Å². The van der Waals surface area contributed by atoms with Gasteiger partial charge in [-0.25, -0.2) is 4.68 Å². The lowest BCUT2D eigenvalue weighted by atomic mass is 10.1. The minimum absolute atomic E-state index is 0.465. The van der Waals surface area contributed by atoms with E-state index in [0.717, 1.165) is 17.9 Å². The van der Waals surface area contributed by atoms with E-state index in [1.54, 1.807) is 0 Å². The molecule has 0 aliphatic carbocycles. The van der Waals surface area contributed by atoms with Gasteiger partial charge in [0.05, 0.1) is 11.4 Å². The van der Waals surface area contributed by atoms with Crippen LogP contribution < -0.4 is 5.32 Å². The molecule has 0 bridgehead atoms. The Morgan fingerprint density at radius 3 is 2.67 bits per heavy atom. The third-order valence-electron chi connectivity index (χ3n) is 3.10. The zero-order valence-corrected chi connectivity index (χ0v) is 11.6. The van der Waals surface area contributed by atoms with Gasteiger partial charge in [-0.05, 0) is 43.1 Å². The van der Waals surface area contributed by atoms with Crippen LogP contribution in [0.3, 0.4) is 0 Å². The predicted molar refractivity (Wildman–Crippen MR) is 75.2 cm³/mol. The van der Waals surface area contributed by atoms with Gasteiger partial charge in [0.1, 0.15) is 0 Å². The third kappa shape index (κ3) is 2.62. The van der Waals surface area contributed by atoms with Gasteiger partial charge in [0.25, 0.3) is 0 Å². The molecule has 0 spiro atoms. The second kappa shape index (κ2) is 5.36. The van der Waals surface area contributed by atoms with Gasteiger partial charge < -0.3 is 5.32 Å². The number of rotatable bonds is 4. The van der Waals surface area contributed by atoms with Crippen LogP contribution in [0.15, 0.2) is 30.5 Å². The molecule has 0 radical (unpaired) electrons. The molecule has 0 saturated heterocycles. The highest BCUT2D eigenvalue weighted by atomic mass is 15.3. The van der Waals surface area contributed by atoms with Crippen molar-refractivity contribution in [3.63, 3.8) is 0 Å². The Morgan fingerprint density at radius 1 is 1.28 bits per heavy atom. The fourth-order valence-electron chi connectivity index (χ4n) is 2.00. The summed E-state index contributed by atoms with van der Waals surface area (Å²) < 4.78 is 1.98. The number of nitrogens with zero attached hydrogens (tertiary/aromatic N) is 2. The number of hydrogen-bond acceptors (Lipinski definition) is 2. The first-order valence-corrected chi connectivity index (χ1v) is 6.42. The number of aromatic nitrogens is 2. The first-order valence-electron chi connectivity index (χ1n) is 6.42. The quantitative estimate of drug-likeness (QED) is 0.894. The van der Waals surface area contributed by atoms with Crippen LogP contribution in [0.25, 0.3) is 5.69 Å². The minimum atomic E-state index is 0.465. The molecule has 0 aliphatic rings. The molecule has 1 aromatic heterocycles. The Kier molecular flexibility index (Phi) is 3.82. The Bertz CT molecular complexity index is 526. The van der Waals surface area contributed by atoms with Gasteiger partial charge in [-0.3, -0.25) is 0 Å². The lowest BCUT2D eigenvalue weighted by Gasteiger charge is -2.09. The van der Waals surface area contributed by atoms with E-state index in [4.69, 9.17) is 0 Å². The third-order valence-corrected chi connectivity index (χ3v) is 3.10. The zero-order chi connectivity index (χ0) is 13.1. The van der Waals surface area contributed by atoms with E-state index >= 15 is 0 Å². The topological polar surface area (TPSA) is 29.9 Å². The summed E-state index contributed by atoms with van der Waals surface area (Å²) in [6.45, 7) is 7.33. The van der Waals surface area contributed by atoms with Crippen LogP contribution in [0.2, 0.25) is 0 Å². The summed E-state index contributed by atoms with van der Waals surface area (Å²) in [5, 5.41) is 7.81. The van der Waals surface area contributed by atoms with E-state index in [-0.39, 0.29) is 0 Å².